The largest absolute Gasteiger partial charge is 0.350 e. The number of hydrogen-bond donors (Lipinski definition) is 3. The highest BCUT2D eigenvalue weighted by Crippen LogP contribution is 2.24. The predicted molar refractivity (Wildman–Crippen MR) is 83.4 cm³/mol. The number of nitrogens with one attached hydrogen (secondary N) is 2. The number of benzene rings is 1. The molecule has 4 N–H and O–H groups in total. The second-order valence-corrected chi connectivity index (χ2v) is 5.14. The van der Waals surface area contributed by atoms with Crippen molar-refractivity contribution in [1.29, 1.82) is 0 Å². The van der Waals surface area contributed by atoms with Gasteiger partial charge in [0, 0.05) is 13.1 Å². The fourth-order valence-electron chi connectivity index (χ4n) is 2.16. The molecule has 0 aromatic heterocycles. The monoisotopic (exact) mass is 291 g/mol. The lowest BCUT2D eigenvalue weighted by atomic mass is 9.81. The van der Waals surface area contributed by atoms with Gasteiger partial charge in [0.2, 0.25) is 11.8 Å². The summed E-state index contributed by atoms with van der Waals surface area (Å²) in [5.41, 5.74) is 6.16. The van der Waals surface area contributed by atoms with Gasteiger partial charge >= 0.3 is 0 Å². The van der Waals surface area contributed by atoms with E-state index in [-0.39, 0.29) is 24.9 Å². The number of hydrogen-bond acceptors (Lipinski definition) is 3. The van der Waals surface area contributed by atoms with E-state index < -0.39 is 5.41 Å². The highest BCUT2D eigenvalue weighted by atomic mass is 16.2. The second-order valence-electron chi connectivity index (χ2n) is 5.14. The van der Waals surface area contributed by atoms with Gasteiger partial charge in [0.1, 0.15) is 0 Å². The van der Waals surface area contributed by atoms with Gasteiger partial charge in [-0.3, -0.25) is 9.59 Å². The summed E-state index contributed by atoms with van der Waals surface area (Å²) in [6.07, 6.45) is 1.33. The van der Waals surface area contributed by atoms with E-state index in [4.69, 9.17) is 5.73 Å². The maximum absolute atomic E-state index is 12.2. The van der Waals surface area contributed by atoms with Crippen LogP contribution >= 0.6 is 0 Å². The third-order valence-corrected chi connectivity index (χ3v) is 3.97. The molecule has 116 valence electrons. The van der Waals surface area contributed by atoms with Gasteiger partial charge in [0.25, 0.3) is 0 Å². The van der Waals surface area contributed by atoms with Crippen LogP contribution in [0.1, 0.15) is 32.3 Å². The third kappa shape index (κ3) is 4.86. The summed E-state index contributed by atoms with van der Waals surface area (Å²) in [6, 6.07) is 9.63. The highest BCUT2D eigenvalue weighted by Gasteiger charge is 2.33. The summed E-state index contributed by atoms with van der Waals surface area (Å²) in [5, 5.41) is 5.46. The number of amides is 2. The Balaban J connectivity index is 2.40. The molecule has 0 atom stereocenters. The van der Waals surface area contributed by atoms with E-state index in [0.29, 0.717) is 19.4 Å². The van der Waals surface area contributed by atoms with Crippen LogP contribution in [0.5, 0.6) is 0 Å². The van der Waals surface area contributed by atoms with E-state index in [1.807, 2.05) is 44.2 Å². The minimum Gasteiger partial charge on any atom is -0.350 e. The van der Waals surface area contributed by atoms with Crippen molar-refractivity contribution in [2.45, 2.75) is 33.2 Å². The van der Waals surface area contributed by atoms with Gasteiger partial charge in [-0.25, -0.2) is 0 Å². The minimum atomic E-state index is -0.570. The van der Waals surface area contributed by atoms with Gasteiger partial charge in [0.05, 0.1) is 12.0 Å². The van der Waals surface area contributed by atoms with Crippen molar-refractivity contribution in [2.24, 2.45) is 11.1 Å². The van der Waals surface area contributed by atoms with Crippen LogP contribution in [0.15, 0.2) is 30.3 Å². The maximum Gasteiger partial charge on any atom is 0.239 e. The van der Waals surface area contributed by atoms with Gasteiger partial charge < -0.3 is 16.4 Å². The molecule has 1 rings (SSSR count). The lowest BCUT2D eigenvalue weighted by Gasteiger charge is -2.28. The van der Waals surface area contributed by atoms with Crippen molar-refractivity contribution < 1.29 is 9.59 Å². The summed E-state index contributed by atoms with van der Waals surface area (Å²) >= 11 is 0. The molecule has 0 heterocycles. The van der Waals surface area contributed by atoms with Gasteiger partial charge in [-0.1, -0.05) is 44.2 Å². The number of rotatable bonds is 8. The van der Waals surface area contributed by atoms with Gasteiger partial charge in [0.15, 0.2) is 0 Å². The van der Waals surface area contributed by atoms with Crippen LogP contribution in [0.25, 0.3) is 0 Å². The molecule has 0 unspecified atom stereocenters. The standard InChI is InChI=1S/C16H25N3O2/c1-3-16(4-2,12-17)15(21)19-11-14(20)18-10-13-8-6-5-7-9-13/h5-9H,3-4,10-12,17H2,1-2H3,(H,18,20)(H,19,21). The van der Waals surface area contributed by atoms with Gasteiger partial charge in [-0.15, -0.1) is 0 Å². The predicted octanol–water partition coefficient (Wildman–Crippen LogP) is 1.18. The van der Waals surface area contributed by atoms with Crippen LogP contribution in [-0.4, -0.2) is 24.9 Å². The van der Waals surface area contributed by atoms with Gasteiger partial charge in [-0.05, 0) is 18.4 Å². The van der Waals surface area contributed by atoms with E-state index >= 15 is 0 Å². The molecule has 0 aliphatic heterocycles. The second kappa shape index (κ2) is 8.42. The SMILES string of the molecule is CCC(CC)(CN)C(=O)NCC(=O)NCc1ccccc1. The maximum atomic E-state index is 12.2. The van der Waals surface area contributed by atoms with Crippen molar-refractivity contribution in [3.63, 3.8) is 0 Å². The molecule has 5 nitrogen and oxygen atoms in total. The molecule has 5 heteroatoms. The molecule has 0 spiro atoms. The van der Waals surface area contributed by atoms with E-state index in [1.54, 1.807) is 0 Å². The van der Waals surface area contributed by atoms with E-state index in [0.717, 1.165) is 5.56 Å². The number of nitrogens with two attached hydrogens (primary N) is 1. The van der Waals surface area contributed by atoms with E-state index in [2.05, 4.69) is 10.6 Å². The van der Waals surface area contributed by atoms with Crippen molar-refractivity contribution in [1.82, 2.24) is 10.6 Å². The smallest absolute Gasteiger partial charge is 0.239 e. The van der Waals surface area contributed by atoms with Crippen LogP contribution in [0.2, 0.25) is 0 Å². The molecular weight excluding hydrogens is 266 g/mol. The zero-order valence-corrected chi connectivity index (χ0v) is 12.8. The molecule has 21 heavy (non-hydrogen) atoms. The Morgan fingerprint density at radius 1 is 1.10 bits per heavy atom. The fourth-order valence-corrected chi connectivity index (χ4v) is 2.16. The fraction of sp³-hybridized carbons (Fsp3) is 0.500. The van der Waals surface area contributed by atoms with E-state index in [1.165, 1.54) is 0 Å². The van der Waals surface area contributed by atoms with Crippen molar-refractivity contribution in [3.05, 3.63) is 35.9 Å². The summed E-state index contributed by atoms with van der Waals surface area (Å²) in [6.45, 7) is 4.60. The van der Waals surface area contributed by atoms with Crippen molar-refractivity contribution >= 4 is 11.8 Å². The first kappa shape index (κ1) is 17.2. The summed E-state index contributed by atoms with van der Waals surface area (Å²) in [5.74, 6) is -0.352. The summed E-state index contributed by atoms with van der Waals surface area (Å²) in [4.78, 5) is 23.9. The molecule has 0 aliphatic carbocycles. The Bertz CT molecular complexity index is 448. The molecule has 0 bridgehead atoms. The highest BCUT2D eigenvalue weighted by molar-refractivity contribution is 5.88. The Kier molecular flexibility index (Phi) is 6.88. The molecule has 2 amide bonds. The zero-order valence-electron chi connectivity index (χ0n) is 12.8. The lowest BCUT2D eigenvalue weighted by molar-refractivity contribution is -0.133. The topological polar surface area (TPSA) is 84.2 Å². The Morgan fingerprint density at radius 3 is 2.24 bits per heavy atom. The van der Waals surface area contributed by atoms with Gasteiger partial charge in [-0.2, -0.15) is 0 Å². The van der Waals surface area contributed by atoms with Crippen LogP contribution in [0.4, 0.5) is 0 Å². The number of carbonyl (C=O) groups excluding carboxylic acids is 2. The molecule has 0 aliphatic rings. The molecule has 0 saturated carbocycles. The Hall–Kier alpha value is -1.88. The summed E-state index contributed by atoms with van der Waals surface area (Å²) in [7, 11) is 0. The molecule has 0 saturated heterocycles. The van der Waals surface area contributed by atoms with E-state index in [9.17, 15) is 9.59 Å². The lowest BCUT2D eigenvalue weighted by Crippen LogP contribution is -2.48. The minimum absolute atomic E-state index is 0.0204. The molecule has 0 fully saturated rings. The average Bonchev–Trinajstić information content (AvgIpc) is 2.54. The van der Waals surface area contributed by atoms with Crippen LogP contribution in [0, 0.1) is 5.41 Å². The quantitative estimate of drug-likeness (QED) is 0.672. The third-order valence-electron chi connectivity index (χ3n) is 3.97. The normalized spacial score (nSPS) is 11.0. The van der Waals surface area contributed by atoms with Crippen LogP contribution in [0.3, 0.4) is 0 Å². The molecule has 1 aromatic rings. The molecule has 0 radical (unpaired) electrons. The first-order valence-electron chi connectivity index (χ1n) is 7.37. The molecular formula is C16H25N3O2. The Labute approximate surface area is 126 Å². The Morgan fingerprint density at radius 2 is 1.71 bits per heavy atom. The zero-order chi connectivity index (χ0) is 15.7. The average molecular weight is 291 g/mol. The van der Waals surface area contributed by atoms with Crippen LogP contribution < -0.4 is 16.4 Å². The van der Waals surface area contributed by atoms with Crippen LogP contribution in [-0.2, 0) is 16.1 Å². The van der Waals surface area contributed by atoms with Crippen molar-refractivity contribution in [3.8, 4) is 0 Å². The molecule has 1 aromatic carbocycles. The summed E-state index contributed by atoms with van der Waals surface area (Å²) < 4.78 is 0. The van der Waals surface area contributed by atoms with Crippen molar-refractivity contribution in [2.75, 3.05) is 13.1 Å². The first-order valence-corrected chi connectivity index (χ1v) is 7.37. The first-order chi connectivity index (χ1) is 10.1. The number of carbonyl (C=O) groups is 2.